The van der Waals surface area contributed by atoms with Crippen molar-refractivity contribution in [3.05, 3.63) is 24.8 Å². The zero-order valence-corrected chi connectivity index (χ0v) is 7.69. The van der Waals surface area contributed by atoms with Crippen molar-refractivity contribution in [2.45, 2.75) is 26.8 Å². The van der Waals surface area contributed by atoms with E-state index in [0.717, 1.165) is 0 Å². The first-order valence-electron chi connectivity index (χ1n) is 4.04. The molecule has 0 aliphatic carbocycles. The van der Waals surface area contributed by atoms with E-state index in [2.05, 4.69) is 13.8 Å². The molecular formula is C9H14N2O. The Hall–Kier alpha value is -1.25. The largest absolute Gasteiger partial charge is 0.349 e. The van der Waals surface area contributed by atoms with E-state index >= 15 is 0 Å². The standard InChI is InChI=1S/C9H14N2O/c1-8(2)10-4-6-11(7-5-10)9(3)12/h4-8H,1-3H3. The average Bonchev–Trinajstić information content (AvgIpc) is 2.04. The molecule has 1 heterocycles. The Balaban J connectivity index is 2.60. The van der Waals surface area contributed by atoms with Gasteiger partial charge in [0.25, 0.3) is 0 Å². The molecule has 0 radical (unpaired) electrons. The molecule has 1 amide bonds. The second-order valence-electron chi connectivity index (χ2n) is 3.06. The van der Waals surface area contributed by atoms with Crippen molar-refractivity contribution in [1.29, 1.82) is 0 Å². The highest BCUT2D eigenvalue weighted by Crippen LogP contribution is 2.07. The summed E-state index contributed by atoms with van der Waals surface area (Å²) in [5.41, 5.74) is 0. The van der Waals surface area contributed by atoms with Gasteiger partial charge in [-0.25, -0.2) is 0 Å². The zero-order valence-electron chi connectivity index (χ0n) is 7.69. The molecule has 0 aromatic heterocycles. The van der Waals surface area contributed by atoms with Crippen LogP contribution >= 0.6 is 0 Å². The average molecular weight is 166 g/mol. The lowest BCUT2D eigenvalue weighted by atomic mass is 10.3. The SMILES string of the molecule is CC(=O)N1C=CN(C(C)C)C=C1. The summed E-state index contributed by atoms with van der Waals surface area (Å²) >= 11 is 0. The van der Waals surface area contributed by atoms with Crippen LogP contribution in [0.4, 0.5) is 0 Å². The van der Waals surface area contributed by atoms with E-state index in [1.165, 1.54) is 0 Å². The summed E-state index contributed by atoms with van der Waals surface area (Å²) < 4.78 is 0. The molecule has 0 aromatic carbocycles. The van der Waals surface area contributed by atoms with Crippen molar-refractivity contribution in [3.63, 3.8) is 0 Å². The van der Waals surface area contributed by atoms with Crippen molar-refractivity contribution < 1.29 is 4.79 Å². The molecule has 0 N–H and O–H groups in total. The van der Waals surface area contributed by atoms with Gasteiger partial charge < -0.3 is 4.90 Å². The molecule has 0 bridgehead atoms. The van der Waals surface area contributed by atoms with E-state index in [1.54, 1.807) is 24.2 Å². The van der Waals surface area contributed by atoms with Gasteiger partial charge >= 0.3 is 0 Å². The Morgan fingerprint density at radius 3 is 2.00 bits per heavy atom. The minimum absolute atomic E-state index is 0.0332. The number of amides is 1. The molecule has 0 fully saturated rings. The number of carbonyl (C=O) groups is 1. The Morgan fingerprint density at radius 2 is 1.67 bits per heavy atom. The lowest BCUT2D eigenvalue weighted by Gasteiger charge is -2.25. The van der Waals surface area contributed by atoms with Gasteiger partial charge in [-0.2, -0.15) is 0 Å². The number of hydrogen-bond donors (Lipinski definition) is 0. The molecule has 12 heavy (non-hydrogen) atoms. The van der Waals surface area contributed by atoms with Crippen LogP contribution in [0.15, 0.2) is 24.8 Å². The van der Waals surface area contributed by atoms with Gasteiger partial charge in [-0.1, -0.05) is 0 Å². The fraction of sp³-hybridized carbons (Fsp3) is 0.444. The Labute approximate surface area is 73.0 Å². The van der Waals surface area contributed by atoms with E-state index in [0.29, 0.717) is 6.04 Å². The van der Waals surface area contributed by atoms with E-state index in [-0.39, 0.29) is 5.91 Å². The van der Waals surface area contributed by atoms with E-state index in [1.807, 2.05) is 17.3 Å². The van der Waals surface area contributed by atoms with Crippen molar-refractivity contribution in [2.75, 3.05) is 0 Å². The molecule has 3 nitrogen and oxygen atoms in total. The summed E-state index contributed by atoms with van der Waals surface area (Å²) in [7, 11) is 0. The van der Waals surface area contributed by atoms with Gasteiger partial charge in [0.15, 0.2) is 0 Å². The summed E-state index contributed by atoms with van der Waals surface area (Å²) in [6, 6.07) is 0.437. The van der Waals surface area contributed by atoms with E-state index < -0.39 is 0 Å². The maximum atomic E-state index is 10.9. The van der Waals surface area contributed by atoms with E-state index in [4.69, 9.17) is 0 Å². The third kappa shape index (κ3) is 1.87. The molecule has 3 heteroatoms. The minimum Gasteiger partial charge on any atom is -0.349 e. The van der Waals surface area contributed by atoms with Crippen molar-refractivity contribution in [2.24, 2.45) is 0 Å². The normalized spacial score (nSPS) is 16.0. The van der Waals surface area contributed by atoms with Crippen LogP contribution in [-0.2, 0) is 4.79 Å². The molecule has 0 aromatic rings. The maximum absolute atomic E-state index is 10.9. The molecule has 0 atom stereocenters. The first-order chi connectivity index (χ1) is 5.61. The Bertz CT molecular complexity index is 217. The number of carbonyl (C=O) groups excluding carboxylic acids is 1. The van der Waals surface area contributed by atoms with Gasteiger partial charge in [-0.05, 0) is 13.8 Å². The smallest absolute Gasteiger partial charge is 0.227 e. The van der Waals surface area contributed by atoms with Crippen molar-refractivity contribution >= 4 is 5.91 Å². The fourth-order valence-corrected chi connectivity index (χ4v) is 0.951. The topological polar surface area (TPSA) is 23.6 Å². The molecule has 1 aliphatic heterocycles. The predicted molar refractivity (Wildman–Crippen MR) is 47.8 cm³/mol. The number of nitrogens with zero attached hydrogens (tertiary/aromatic N) is 2. The van der Waals surface area contributed by atoms with Crippen LogP contribution in [-0.4, -0.2) is 21.7 Å². The van der Waals surface area contributed by atoms with Crippen LogP contribution in [0.25, 0.3) is 0 Å². The second-order valence-corrected chi connectivity index (χ2v) is 3.06. The van der Waals surface area contributed by atoms with Crippen molar-refractivity contribution in [1.82, 2.24) is 9.80 Å². The molecule has 0 saturated heterocycles. The van der Waals surface area contributed by atoms with Crippen LogP contribution in [0.2, 0.25) is 0 Å². The summed E-state index contributed by atoms with van der Waals surface area (Å²) in [5, 5.41) is 0. The molecule has 0 spiro atoms. The Morgan fingerprint density at radius 1 is 1.17 bits per heavy atom. The Kier molecular flexibility index (Phi) is 2.53. The van der Waals surface area contributed by atoms with Crippen LogP contribution in [0.1, 0.15) is 20.8 Å². The lowest BCUT2D eigenvalue weighted by Crippen LogP contribution is -2.27. The van der Waals surface area contributed by atoms with Gasteiger partial charge in [0.05, 0.1) is 0 Å². The molecular weight excluding hydrogens is 152 g/mol. The highest BCUT2D eigenvalue weighted by atomic mass is 16.2. The molecule has 1 rings (SSSR count). The van der Waals surface area contributed by atoms with E-state index in [9.17, 15) is 4.79 Å². The second kappa shape index (κ2) is 3.43. The maximum Gasteiger partial charge on any atom is 0.227 e. The summed E-state index contributed by atoms with van der Waals surface area (Å²) in [6.07, 6.45) is 7.32. The van der Waals surface area contributed by atoms with Crippen molar-refractivity contribution in [3.8, 4) is 0 Å². The highest BCUT2D eigenvalue weighted by Gasteiger charge is 2.08. The van der Waals surface area contributed by atoms with Gasteiger partial charge in [0.1, 0.15) is 0 Å². The van der Waals surface area contributed by atoms with Crippen LogP contribution in [0.3, 0.4) is 0 Å². The first kappa shape index (κ1) is 8.84. The molecule has 0 unspecified atom stereocenters. The highest BCUT2D eigenvalue weighted by molar-refractivity contribution is 5.75. The number of hydrogen-bond acceptors (Lipinski definition) is 2. The number of rotatable bonds is 1. The fourth-order valence-electron chi connectivity index (χ4n) is 0.951. The summed E-state index contributed by atoms with van der Waals surface area (Å²) in [5.74, 6) is 0.0332. The lowest BCUT2D eigenvalue weighted by molar-refractivity contribution is -0.124. The van der Waals surface area contributed by atoms with Gasteiger partial charge in [-0.3, -0.25) is 9.69 Å². The third-order valence-electron chi connectivity index (χ3n) is 1.76. The van der Waals surface area contributed by atoms with Crippen LogP contribution in [0.5, 0.6) is 0 Å². The minimum atomic E-state index is 0.0332. The predicted octanol–water partition coefficient (Wildman–Crippen LogP) is 1.50. The zero-order chi connectivity index (χ0) is 9.14. The summed E-state index contributed by atoms with van der Waals surface area (Å²) in [4.78, 5) is 14.5. The van der Waals surface area contributed by atoms with Gasteiger partial charge in [0.2, 0.25) is 5.91 Å². The van der Waals surface area contributed by atoms with Gasteiger partial charge in [0, 0.05) is 37.8 Å². The molecule has 0 saturated carbocycles. The monoisotopic (exact) mass is 166 g/mol. The molecule has 66 valence electrons. The van der Waals surface area contributed by atoms with Gasteiger partial charge in [-0.15, -0.1) is 0 Å². The van der Waals surface area contributed by atoms with Crippen LogP contribution in [0, 0.1) is 0 Å². The molecule has 1 aliphatic rings. The summed E-state index contributed by atoms with van der Waals surface area (Å²) in [6.45, 7) is 5.73. The third-order valence-corrected chi connectivity index (χ3v) is 1.76. The van der Waals surface area contributed by atoms with Crippen LogP contribution < -0.4 is 0 Å². The first-order valence-corrected chi connectivity index (χ1v) is 4.04. The quantitative estimate of drug-likeness (QED) is 0.589.